The van der Waals surface area contributed by atoms with E-state index in [9.17, 15) is 4.79 Å². The van der Waals surface area contributed by atoms with Crippen LogP contribution in [0.15, 0.2) is 60.8 Å². The van der Waals surface area contributed by atoms with Crippen molar-refractivity contribution in [3.63, 3.8) is 0 Å². The number of carbonyl (C=O) groups excluding carboxylic acids is 1. The Morgan fingerprint density at radius 2 is 1.81 bits per heavy atom. The van der Waals surface area contributed by atoms with E-state index in [0.29, 0.717) is 21.4 Å². The van der Waals surface area contributed by atoms with Crippen LogP contribution in [-0.2, 0) is 0 Å². The minimum Gasteiger partial charge on any atom is -0.361 e. The maximum atomic E-state index is 13.0. The largest absolute Gasteiger partial charge is 0.361 e. The van der Waals surface area contributed by atoms with Crippen molar-refractivity contribution in [3.8, 4) is 0 Å². The molecule has 0 aliphatic carbocycles. The number of fused-ring (bicyclic) bond motifs is 1. The molecule has 4 rings (SSSR count). The van der Waals surface area contributed by atoms with Gasteiger partial charge < -0.3 is 5.32 Å². The van der Waals surface area contributed by atoms with Crippen molar-refractivity contribution in [3.05, 3.63) is 87.5 Å². The maximum absolute atomic E-state index is 13.0. The predicted molar refractivity (Wildman–Crippen MR) is 105 cm³/mol. The van der Waals surface area contributed by atoms with Crippen LogP contribution < -0.4 is 10.2 Å². The minimum atomic E-state index is -0.385. The predicted octanol–water partition coefficient (Wildman–Crippen LogP) is 5.47. The maximum Gasteiger partial charge on any atom is 0.261 e. The zero-order valence-corrected chi connectivity index (χ0v) is 15.4. The van der Waals surface area contributed by atoms with Crippen molar-refractivity contribution in [2.75, 3.05) is 10.2 Å². The van der Waals surface area contributed by atoms with Gasteiger partial charge in [-0.15, -0.1) is 0 Å². The van der Waals surface area contributed by atoms with E-state index in [1.807, 2.05) is 49.4 Å². The molecule has 1 unspecified atom stereocenters. The molecule has 1 atom stereocenters. The van der Waals surface area contributed by atoms with Crippen molar-refractivity contribution < 1.29 is 4.79 Å². The fourth-order valence-electron chi connectivity index (χ4n) is 3.10. The quantitative estimate of drug-likeness (QED) is 0.652. The molecule has 3 aromatic rings. The summed E-state index contributed by atoms with van der Waals surface area (Å²) in [6.07, 6.45) is 1.15. The van der Waals surface area contributed by atoms with Gasteiger partial charge in [0.25, 0.3) is 5.91 Å². The lowest BCUT2D eigenvalue weighted by atomic mass is 10.1. The molecular weight excluding hydrogens is 369 g/mol. The number of amides is 1. The zero-order valence-electron chi connectivity index (χ0n) is 13.9. The first-order valence-corrected chi connectivity index (χ1v) is 8.87. The molecule has 1 aliphatic rings. The van der Waals surface area contributed by atoms with E-state index < -0.39 is 0 Å². The van der Waals surface area contributed by atoms with Crippen LogP contribution in [-0.4, -0.2) is 10.9 Å². The van der Waals surface area contributed by atoms with Crippen LogP contribution in [0.4, 0.5) is 11.5 Å². The number of rotatable bonds is 3. The highest BCUT2D eigenvalue weighted by Gasteiger charge is 2.38. The van der Waals surface area contributed by atoms with Gasteiger partial charge in [-0.2, -0.15) is 0 Å². The molecule has 1 N–H and O–H groups in total. The van der Waals surface area contributed by atoms with Crippen molar-refractivity contribution in [2.24, 2.45) is 0 Å². The Hall–Kier alpha value is -2.56. The molecule has 2 heterocycles. The van der Waals surface area contributed by atoms with Gasteiger partial charge in [0.2, 0.25) is 0 Å². The first-order chi connectivity index (χ1) is 12.5. The number of nitrogens with zero attached hydrogens (tertiary/aromatic N) is 2. The Morgan fingerprint density at radius 3 is 2.58 bits per heavy atom. The Labute approximate surface area is 161 Å². The number of nitrogens with one attached hydrogen (secondary N) is 1. The number of carbonyl (C=O) groups is 1. The third kappa shape index (κ3) is 2.91. The second-order valence-corrected chi connectivity index (χ2v) is 6.98. The van der Waals surface area contributed by atoms with Gasteiger partial charge >= 0.3 is 0 Å². The van der Waals surface area contributed by atoms with E-state index in [0.717, 1.165) is 16.8 Å². The van der Waals surface area contributed by atoms with Crippen LogP contribution in [0, 0.1) is 6.92 Å². The lowest BCUT2D eigenvalue weighted by Gasteiger charge is -2.27. The molecule has 0 saturated carbocycles. The van der Waals surface area contributed by atoms with Crippen molar-refractivity contribution in [2.45, 2.75) is 13.1 Å². The van der Waals surface area contributed by atoms with E-state index in [1.165, 1.54) is 6.20 Å². The average molecular weight is 384 g/mol. The summed E-state index contributed by atoms with van der Waals surface area (Å²) in [5.74, 6) is 0.431. The Kier molecular flexibility index (Phi) is 4.31. The number of anilines is 2. The first kappa shape index (κ1) is 16.9. The van der Waals surface area contributed by atoms with Crippen LogP contribution in [0.1, 0.15) is 27.7 Å². The van der Waals surface area contributed by atoms with Gasteiger partial charge in [-0.05, 0) is 42.8 Å². The van der Waals surface area contributed by atoms with Crippen LogP contribution in [0.2, 0.25) is 10.0 Å². The fourth-order valence-corrected chi connectivity index (χ4v) is 3.39. The normalized spacial score (nSPS) is 15.9. The Balaban J connectivity index is 1.80. The molecule has 1 aromatic heterocycles. The molecule has 0 bridgehead atoms. The molecule has 130 valence electrons. The number of aromatic nitrogens is 1. The molecule has 4 nitrogen and oxygen atoms in total. The van der Waals surface area contributed by atoms with E-state index in [2.05, 4.69) is 10.3 Å². The SMILES string of the molecule is Cc1ccc(Cl)cc1NC1c2ccccc2C(=O)N1c1ccc(Cl)cn1. The molecule has 1 aliphatic heterocycles. The summed E-state index contributed by atoms with van der Waals surface area (Å²) in [5.41, 5.74) is 3.45. The molecule has 0 fully saturated rings. The monoisotopic (exact) mass is 383 g/mol. The van der Waals surface area contributed by atoms with Gasteiger partial charge in [0, 0.05) is 28.0 Å². The van der Waals surface area contributed by atoms with E-state index in [1.54, 1.807) is 17.0 Å². The van der Waals surface area contributed by atoms with Crippen molar-refractivity contribution >= 4 is 40.6 Å². The van der Waals surface area contributed by atoms with Crippen LogP contribution in [0.25, 0.3) is 0 Å². The highest BCUT2D eigenvalue weighted by atomic mass is 35.5. The minimum absolute atomic E-state index is 0.104. The lowest BCUT2D eigenvalue weighted by Crippen LogP contribution is -2.33. The number of benzene rings is 2. The summed E-state index contributed by atoms with van der Waals surface area (Å²) >= 11 is 12.1. The molecule has 26 heavy (non-hydrogen) atoms. The number of halogens is 2. The number of hydrogen-bond donors (Lipinski definition) is 1. The molecule has 0 spiro atoms. The molecular formula is C20H15Cl2N3O. The van der Waals surface area contributed by atoms with Gasteiger partial charge in [-0.25, -0.2) is 4.98 Å². The second-order valence-electron chi connectivity index (χ2n) is 6.10. The molecule has 6 heteroatoms. The summed E-state index contributed by atoms with van der Waals surface area (Å²) in [6.45, 7) is 1.99. The Bertz CT molecular complexity index is 989. The number of pyridine rings is 1. The van der Waals surface area contributed by atoms with E-state index in [4.69, 9.17) is 23.2 Å². The highest BCUT2D eigenvalue weighted by Crippen LogP contribution is 2.38. The number of aryl methyl sites for hydroxylation is 1. The van der Waals surface area contributed by atoms with E-state index in [-0.39, 0.29) is 12.1 Å². The smallest absolute Gasteiger partial charge is 0.261 e. The highest BCUT2D eigenvalue weighted by molar-refractivity contribution is 6.31. The molecule has 1 amide bonds. The molecule has 0 saturated heterocycles. The van der Waals surface area contributed by atoms with Crippen LogP contribution in [0.5, 0.6) is 0 Å². The first-order valence-electron chi connectivity index (χ1n) is 8.11. The van der Waals surface area contributed by atoms with Crippen molar-refractivity contribution in [1.82, 2.24) is 4.98 Å². The fraction of sp³-hybridized carbons (Fsp3) is 0.100. The van der Waals surface area contributed by atoms with Crippen molar-refractivity contribution in [1.29, 1.82) is 0 Å². The van der Waals surface area contributed by atoms with Crippen LogP contribution in [0.3, 0.4) is 0 Å². The summed E-state index contributed by atoms with van der Waals surface area (Å²) in [4.78, 5) is 19.0. The van der Waals surface area contributed by atoms with Gasteiger partial charge in [-0.1, -0.05) is 47.5 Å². The number of hydrogen-bond acceptors (Lipinski definition) is 3. The average Bonchev–Trinajstić information content (AvgIpc) is 2.92. The standard InChI is InChI=1S/C20H15Cl2N3O/c1-12-6-7-13(21)10-17(12)24-19-15-4-2-3-5-16(15)20(26)25(19)18-9-8-14(22)11-23-18/h2-11,19,24H,1H3. The molecule has 0 radical (unpaired) electrons. The van der Waals surface area contributed by atoms with Gasteiger partial charge in [0.15, 0.2) is 0 Å². The second kappa shape index (κ2) is 6.63. The lowest BCUT2D eigenvalue weighted by molar-refractivity contribution is 0.0992. The topological polar surface area (TPSA) is 45.2 Å². The van der Waals surface area contributed by atoms with Gasteiger partial charge in [0.1, 0.15) is 12.0 Å². The van der Waals surface area contributed by atoms with Gasteiger partial charge in [-0.3, -0.25) is 9.69 Å². The Morgan fingerprint density at radius 1 is 1.04 bits per heavy atom. The zero-order chi connectivity index (χ0) is 18.3. The summed E-state index contributed by atoms with van der Waals surface area (Å²) in [6, 6.07) is 16.7. The van der Waals surface area contributed by atoms with Crippen LogP contribution >= 0.6 is 23.2 Å². The summed E-state index contributed by atoms with van der Waals surface area (Å²) in [5, 5.41) is 4.60. The molecule has 2 aromatic carbocycles. The van der Waals surface area contributed by atoms with Gasteiger partial charge in [0.05, 0.1) is 5.02 Å². The summed E-state index contributed by atoms with van der Waals surface area (Å²) < 4.78 is 0. The van der Waals surface area contributed by atoms with E-state index >= 15 is 0 Å². The summed E-state index contributed by atoms with van der Waals surface area (Å²) in [7, 11) is 0. The third-order valence-electron chi connectivity index (χ3n) is 4.41. The third-order valence-corrected chi connectivity index (χ3v) is 4.87.